The summed E-state index contributed by atoms with van der Waals surface area (Å²) in [5.74, 6) is -0.509. The summed E-state index contributed by atoms with van der Waals surface area (Å²) in [5.41, 5.74) is 1.42. The minimum Gasteiger partial charge on any atom is -0.406 e. The second-order valence-corrected chi connectivity index (χ2v) is 7.22. The molecule has 0 radical (unpaired) electrons. The zero-order valence-electron chi connectivity index (χ0n) is 15.2. The van der Waals surface area contributed by atoms with Gasteiger partial charge >= 0.3 is 6.36 Å². The number of piperazine rings is 1. The van der Waals surface area contributed by atoms with Crippen molar-refractivity contribution in [2.45, 2.75) is 31.3 Å². The highest BCUT2D eigenvalue weighted by Gasteiger charge is 2.38. The third-order valence-electron chi connectivity index (χ3n) is 5.26. The van der Waals surface area contributed by atoms with Crippen LogP contribution >= 0.6 is 0 Å². The van der Waals surface area contributed by atoms with Crippen LogP contribution < -0.4 is 4.74 Å². The highest BCUT2D eigenvalue weighted by molar-refractivity contribution is 5.94. The number of amides is 1. The fraction of sp³-hybridized carbons (Fsp3) is 0.381. The molecule has 2 aromatic carbocycles. The van der Waals surface area contributed by atoms with E-state index >= 15 is 0 Å². The van der Waals surface area contributed by atoms with Gasteiger partial charge in [0.15, 0.2) is 0 Å². The monoisotopic (exact) mass is 390 g/mol. The Labute approximate surface area is 161 Å². The van der Waals surface area contributed by atoms with Gasteiger partial charge in [0, 0.05) is 31.2 Å². The topological polar surface area (TPSA) is 32.8 Å². The quantitative estimate of drug-likeness (QED) is 0.783. The van der Waals surface area contributed by atoms with Crippen LogP contribution in [-0.2, 0) is 0 Å². The molecule has 1 aliphatic heterocycles. The van der Waals surface area contributed by atoms with Crippen LogP contribution in [0.4, 0.5) is 13.2 Å². The molecule has 1 aliphatic carbocycles. The van der Waals surface area contributed by atoms with E-state index in [0.29, 0.717) is 18.2 Å². The number of rotatable bonds is 4. The Morgan fingerprint density at radius 2 is 1.64 bits per heavy atom. The van der Waals surface area contributed by atoms with Crippen molar-refractivity contribution in [3.05, 3.63) is 65.7 Å². The molecule has 148 valence electrons. The molecule has 4 rings (SSSR count). The molecule has 28 heavy (non-hydrogen) atoms. The van der Waals surface area contributed by atoms with Gasteiger partial charge in [-0.3, -0.25) is 9.69 Å². The minimum absolute atomic E-state index is 0.0749. The number of halogens is 3. The normalized spacial score (nSPS) is 20.8. The molecule has 1 saturated carbocycles. The molecule has 1 atom stereocenters. The molecule has 0 N–H and O–H groups in total. The highest BCUT2D eigenvalue weighted by Crippen LogP contribution is 2.34. The van der Waals surface area contributed by atoms with E-state index in [1.54, 1.807) is 0 Å². The summed E-state index contributed by atoms with van der Waals surface area (Å²) in [4.78, 5) is 17.4. The fourth-order valence-corrected chi connectivity index (χ4v) is 3.74. The molecule has 0 spiro atoms. The number of hydrogen-bond donors (Lipinski definition) is 0. The van der Waals surface area contributed by atoms with E-state index in [2.05, 4.69) is 9.64 Å². The maximum absolute atomic E-state index is 13.1. The van der Waals surface area contributed by atoms with Crippen molar-refractivity contribution in [3.63, 3.8) is 0 Å². The summed E-state index contributed by atoms with van der Waals surface area (Å²) >= 11 is 0. The molecule has 1 amide bonds. The zero-order valence-corrected chi connectivity index (χ0v) is 15.2. The first-order valence-electron chi connectivity index (χ1n) is 9.36. The van der Waals surface area contributed by atoms with E-state index in [0.717, 1.165) is 18.7 Å². The predicted molar refractivity (Wildman–Crippen MR) is 97.9 cm³/mol. The average Bonchev–Trinajstić information content (AvgIpc) is 3.52. The molecular formula is C21H21F3N2O2. The SMILES string of the molecule is O=C(c1ccc(OC(F)(F)F)cc1)N1CCN(C2CC2)CC1c1ccccc1. The number of ether oxygens (including phenoxy) is 1. The Morgan fingerprint density at radius 3 is 2.25 bits per heavy atom. The van der Waals surface area contributed by atoms with Gasteiger partial charge in [-0.1, -0.05) is 30.3 Å². The van der Waals surface area contributed by atoms with Gasteiger partial charge in [0.2, 0.25) is 0 Å². The summed E-state index contributed by atoms with van der Waals surface area (Å²) in [6.07, 6.45) is -2.34. The van der Waals surface area contributed by atoms with Crippen molar-refractivity contribution >= 4 is 5.91 Å². The van der Waals surface area contributed by atoms with Gasteiger partial charge in [0.1, 0.15) is 5.75 Å². The fourth-order valence-electron chi connectivity index (χ4n) is 3.74. The van der Waals surface area contributed by atoms with Gasteiger partial charge in [-0.15, -0.1) is 13.2 Å². The molecular weight excluding hydrogens is 369 g/mol. The van der Waals surface area contributed by atoms with Crippen molar-refractivity contribution < 1.29 is 22.7 Å². The molecule has 1 saturated heterocycles. The molecule has 2 aromatic rings. The number of benzene rings is 2. The van der Waals surface area contributed by atoms with Crippen LogP contribution in [0.3, 0.4) is 0 Å². The van der Waals surface area contributed by atoms with E-state index in [-0.39, 0.29) is 17.7 Å². The van der Waals surface area contributed by atoms with Crippen LogP contribution in [0.15, 0.2) is 54.6 Å². The summed E-state index contributed by atoms with van der Waals surface area (Å²) < 4.78 is 40.9. The largest absolute Gasteiger partial charge is 0.573 e. The van der Waals surface area contributed by atoms with Crippen LogP contribution in [0.5, 0.6) is 5.75 Å². The Kier molecular flexibility index (Phi) is 5.02. The third-order valence-corrected chi connectivity index (χ3v) is 5.26. The third kappa shape index (κ3) is 4.30. The lowest BCUT2D eigenvalue weighted by Crippen LogP contribution is -2.51. The molecule has 0 bridgehead atoms. The first-order chi connectivity index (χ1) is 13.4. The number of carbonyl (C=O) groups excluding carboxylic acids is 1. The van der Waals surface area contributed by atoms with Crippen LogP contribution in [0.2, 0.25) is 0 Å². The summed E-state index contributed by atoms with van der Waals surface area (Å²) in [6.45, 7) is 2.18. The van der Waals surface area contributed by atoms with E-state index in [9.17, 15) is 18.0 Å². The number of carbonyl (C=O) groups is 1. The van der Waals surface area contributed by atoms with Gasteiger partial charge in [-0.25, -0.2) is 0 Å². The first kappa shape index (κ1) is 18.8. The zero-order chi connectivity index (χ0) is 19.7. The Hall–Kier alpha value is -2.54. The summed E-state index contributed by atoms with van der Waals surface area (Å²) in [5, 5.41) is 0. The van der Waals surface area contributed by atoms with E-state index in [1.807, 2.05) is 35.2 Å². The van der Waals surface area contributed by atoms with Gasteiger partial charge in [-0.2, -0.15) is 0 Å². The minimum atomic E-state index is -4.75. The second-order valence-electron chi connectivity index (χ2n) is 7.22. The molecule has 0 aromatic heterocycles. The van der Waals surface area contributed by atoms with Crippen molar-refractivity contribution in [2.75, 3.05) is 19.6 Å². The lowest BCUT2D eigenvalue weighted by atomic mass is 10.0. The van der Waals surface area contributed by atoms with Crippen LogP contribution in [0, 0.1) is 0 Å². The molecule has 4 nitrogen and oxygen atoms in total. The molecule has 1 unspecified atom stereocenters. The highest BCUT2D eigenvalue weighted by atomic mass is 19.4. The van der Waals surface area contributed by atoms with Gasteiger partial charge in [0.05, 0.1) is 6.04 Å². The number of hydrogen-bond acceptors (Lipinski definition) is 3. The number of alkyl halides is 3. The molecule has 7 heteroatoms. The van der Waals surface area contributed by atoms with Crippen molar-refractivity contribution in [1.29, 1.82) is 0 Å². The Bertz CT molecular complexity index is 820. The van der Waals surface area contributed by atoms with Gasteiger partial charge in [0.25, 0.3) is 5.91 Å². The maximum atomic E-state index is 13.1. The average molecular weight is 390 g/mol. The van der Waals surface area contributed by atoms with Crippen molar-refractivity contribution in [1.82, 2.24) is 9.80 Å². The molecule has 1 heterocycles. The maximum Gasteiger partial charge on any atom is 0.573 e. The smallest absolute Gasteiger partial charge is 0.406 e. The lowest BCUT2D eigenvalue weighted by Gasteiger charge is -2.42. The summed E-state index contributed by atoms with van der Waals surface area (Å²) in [6, 6.07) is 15.6. The van der Waals surface area contributed by atoms with Crippen LogP contribution in [0.25, 0.3) is 0 Å². The van der Waals surface area contributed by atoms with Crippen LogP contribution in [0.1, 0.15) is 34.8 Å². The van der Waals surface area contributed by atoms with Gasteiger partial charge < -0.3 is 9.64 Å². The number of nitrogens with zero attached hydrogens (tertiary/aromatic N) is 2. The van der Waals surface area contributed by atoms with Crippen LogP contribution in [-0.4, -0.2) is 47.7 Å². The Balaban J connectivity index is 1.54. The van der Waals surface area contributed by atoms with E-state index in [1.165, 1.54) is 37.1 Å². The first-order valence-corrected chi connectivity index (χ1v) is 9.36. The lowest BCUT2D eigenvalue weighted by molar-refractivity contribution is -0.274. The van der Waals surface area contributed by atoms with Crippen molar-refractivity contribution in [2.24, 2.45) is 0 Å². The molecule has 2 fully saturated rings. The standard InChI is InChI=1S/C21H21F3N2O2/c22-21(23,24)28-18-10-6-16(7-11-18)20(27)26-13-12-25(17-8-9-17)14-19(26)15-4-2-1-3-5-15/h1-7,10-11,17,19H,8-9,12-14H2. The summed E-state index contributed by atoms with van der Waals surface area (Å²) in [7, 11) is 0. The van der Waals surface area contributed by atoms with Crippen molar-refractivity contribution in [3.8, 4) is 5.75 Å². The van der Waals surface area contributed by atoms with E-state index < -0.39 is 6.36 Å². The Morgan fingerprint density at radius 1 is 0.964 bits per heavy atom. The predicted octanol–water partition coefficient (Wildman–Crippen LogP) is 4.25. The van der Waals surface area contributed by atoms with Gasteiger partial charge in [-0.05, 0) is 42.7 Å². The second kappa shape index (κ2) is 7.47. The van der Waals surface area contributed by atoms with E-state index in [4.69, 9.17) is 0 Å². The molecule has 2 aliphatic rings.